The minimum atomic E-state index is -0.00869. The number of carbonyl (C=O) groups excluding carboxylic acids is 1. The first kappa shape index (κ1) is 20.8. The lowest BCUT2D eigenvalue weighted by molar-refractivity contribution is -0.121. The van der Waals surface area contributed by atoms with E-state index in [1.807, 2.05) is 35.9 Å². The van der Waals surface area contributed by atoms with Gasteiger partial charge in [-0.05, 0) is 50.8 Å². The number of aromatic nitrogens is 3. The Morgan fingerprint density at radius 3 is 2.69 bits per heavy atom. The van der Waals surface area contributed by atoms with E-state index in [1.54, 1.807) is 12.1 Å². The van der Waals surface area contributed by atoms with Gasteiger partial charge in [-0.1, -0.05) is 17.7 Å². The van der Waals surface area contributed by atoms with E-state index in [1.165, 1.54) is 0 Å². The normalized spacial score (nSPS) is 21.9. The molecule has 1 saturated carbocycles. The van der Waals surface area contributed by atoms with Gasteiger partial charge in [0.05, 0.1) is 18.1 Å². The summed E-state index contributed by atoms with van der Waals surface area (Å²) < 4.78 is 1.88. The lowest BCUT2D eigenvalue weighted by Crippen LogP contribution is -2.63. The third kappa shape index (κ3) is 4.27. The van der Waals surface area contributed by atoms with Crippen LogP contribution < -0.4 is 16.2 Å². The molecule has 168 valence electrons. The van der Waals surface area contributed by atoms with Gasteiger partial charge in [-0.2, -0.15) is 5.10 Å². The predicted octanol–water partition coefficient (Wildman–Crippen LogP) is 2.43. The van der Waals surface area contributed by atoms with Crippen molar-refractivity contribution in [2.75, 3.05) is 25.0 Å². The quantitative estimate of drug-likeness (QED) is 0.554. The number of carbonyl (C=O) groups is 1. The predicted molar refractivity (Wildman–Crippen MR) is 125 cm³/mol. The van der Waals surface area contributed by atoms with Crippen LogP contribution in [0.2, 0.25) is 0 Å². The number of hydrogen-bond acceptors (Lipinski definition) is 5. The highest BCUT2D eigenvalue weighted by Gasteiger charge is 2.35. The summed E-state index contributed by atoms with van der Waals surface area (Å²) >= 11 is 0. The Morgan fingerprint density at radius 2 is 1.91 bits per heavy atom. The lowest BCUT2D eigenvalue weighted by Gasteiger charge is -2.46. The van der Waals surface area contributed by atoms with Crippen molar-refractivity contribution in [1.82, 2.24) is 25.0 Å². The summed E-state index contributed by atoms with van der Waals surface area (Å²) in [7, 11) is 0. The van der Waals surface area contributed by atoms with Gasteiger partial charge in [-0.25, -0.2) is 0 Å². The van der Waals surface area contributed by atoms with Crippen LogP contribution in [0.4, 0.5) is 5.82 Å². The van der Waals surface area contributed by atoms with E-state index in [-0.39, 0.29) is 24.1 Å². The Bertz CT molecular complexity index is 1150. The third-order valence-electron chi connectivity index (χ3n) is 6.84. The number of rotatable bonds is 6. The molecule has 2 fully saturated rings. The van der Waals surface area contributed by atoms with Gasteiger partial charge < -0.3 is 15.2 Å². The summed E-state index contributed by atoms with van der Waals surface area (Å²) in [5, 5.41) is 14.5. The standard InChI is InChI=1S/C24H30N6O2/c1-16-5-10-21-20(12-16)24(28-27-21)25-13-22(31)26-17-14-29(15-17)18-6-8-19(9-7-18)30-11-3-2-4-23(30)32/h2-5,10-12,17-19H,6-9,13-15H2,1H3,(H,26,31)(H2,25,27,28). The Kier molecular flexibility index (Phi) is 5.70. The number of likely N-dealkylation sites (tertiary alicyclic amines) is 1. The molecule has 2 aromatic heterocycles. The summed E-state index contributed by atoms with van der Waals surface area (Å²) in [5.74, 6) is 0.703. The van der Waals surface area contributed by atoms with E-state index >= 15 is 0 Å². The first-order valence-corrected chi connectivity index (χ1v) is 11.5. The minimum absolute atomic E-state index is 0.00869. The second-order valence-corrected chi connectivity index (χ2v) is 9.10. The number of nitrogens with one attached hydrogen (secondary N) is 3. The number of H-pyrrole nitrogens is 1. The number of anilines is 1. The average Bonchev–Trinajstić information content (AvgIpc) is 3.17. The van der Waals surface area contributed by atoms with Crippen LogP contribution in [0.25, 0.3) is 10.9 Å². The maximum absolute atomic E-state index is 12.4. The molecule has 0 bridgehead atoms. The van der Waals surface area contributed by atoms with Gasteiger partial charge in [0.2, 0.25) is 5.91 Å². The van der Waals surface area contributed by atoms with Gasteiger partial charge in [-0.15, -0.1) is 0 Å². The third-order valence-corrected chi connectivity index (χ3v) is 6.84. The highest BCUT2D eigenvalue weighted by molar-refractivity contribution is 5.92. The molecule has 1 saturated heterocycles. The molecule has 1 aromatic carbocycles. The van der Waals surface area contributed by atoms with Crippen molar-refractivity contribution < 1.29 is 4.79 Å². The van der Waals surface area contributed by atoms with Crippen LogP contribution in [-0.2, 0) is 4.79 Å². The summed E-state index contributed by atoms with van der Waals surface area (Å²) in [6, 6.07) is 12.5. The molecule has 1 amide bonds. The number of hydrogen-bond donors (Lipinski definition) is 3. The van der Waals surface area contributed by atoms with Crippen LogP contribution in [0.15, 0.2) is 47.4 Å². The number of nitrogens with zero attached hydrogens (tertiary/aromatic N) is 3. The molecular weight excluding hydrogens is 404 g/mol. The van der Waals surface area contributed by atoms with E-state index in [0.29, 0.717) is 17.9 Å². The maximum atomic E-state index is 12.4. The fraction of sp³-hybridized carbons (Fsp3) is 0.458. The number of aryl methyl sites for hydroxylation is 1. The minimum Gasteiger partial charge on any atom is -0.359 e. The highest BCUT2D eigenvalue weighted by Crippen LogP contribution is 2.32. The summed E-state index contributed by atoms with van der Waals surface area (Å²) in [6.07, 6.45) is 6.16. The van der Waals surface area contributed by atoms with Crippen molar-refractivity contribution in [2.45, 2.75) is 50.7 Å². The Labute approximate surface area is 187 Å². The van der Waals surface area contributed by atoms with Crippen LogP contribution in [0, 0.1) is 6.92 Å². The van der Waals surface area contributed by atoms with Crippen molar-refractivity contribution in [2.24, 2.45) is 0 Å². The summed E-state index contributed by atoms with van der Waals surface area (Å²) in [5.41, 5.74) is 2.21. The summed E-state index contributed by atoms with van der Waals surface area (Å²) in [4.78, 5) is 26.9. The summed E-state index contributed by atoms with van der Waals surface area (Å²) in [6.45, 7) is 4.05. The molecular formula is C24H30N6O2. The number of amides is 1. The van der Waals surface area contributed by atoms with Crippen LogP contribution in [0.5, 0.6) is 0 Å². The van der Waals surface area contributed by atoms with Crippen molar-refractivity contribution in [3.8, 4) is 0 Å². The molecule has 0 atom stereocenters. The first-order valence-electron chi connectivity index (χ1n) is 11.5. The molecule has 3 N–H and O–H groups in total. The van der Waals surface area contributed by atoms with Crippen molar-refractivity contribution in [3.05, 3.63) is 58.5 Å². The molecule has 3 aromatic rings. The van der Waals surface area contributed by atoms with Gasteiger partial charge in [0.15, 0.2) is 5.82 Å². The van der Waals surface area contributed by atoms with Gasteiger partial charge in [0.1, 0.15) is 0 Å². The lowest BCUT2D eigenvalue weighted by atomic mass is 9.88. The van der Waals surface area contributed by atoms with E-state index < -0.39 is 0 Å². The van der Waals surface area contributed by atoms with E-state index in [2.05, 4.69) is 31.8 Å². The van der Waals surface area contributed by atoms with Gasteiger partial charge in [-0.3, -0.25) is 19.6 Å². The molecule has 5 rings (SSSR count). The number of fused-ring (bicyclic) bond motifs is 1. The highest BCUT2D eigenvalue weighted by atomic mass is 16.2. The average molecular weight is 435 g/mol. The molecule has 2 aliphatic rings. The van der Waals surface area contributed by atoms with Crippen LogP contribution in [-0.4, -0.2) is 57.3 Å². The molecule has 32 heavy (non-hydrogen) atoms. The first-order chi connectivity index (χ1) is 15.6. The second-order valence-electron chi connectivity index (χ2n) is 9.10. The van der Waals surface area contributed by atoms with Gasteiger partial charge in [0, 0.05) is 42.8 Å². The zero-order valence-corrected chi connectivity index (χ0v) is 18.4. The Morgan fingerprint density at radius 1 is 1.12 bits per heavy atom. The molecule has 0 spiro atoms. The van der Waals surface area contributed by atoms with E-state index in [0.717, 1.165) is 55.2 Å². The molecule has 0 unspecified atom stereocenters. The van der Waals surface area contributed by atoms with Gasteiger partial charge in [0.25, 0.3) is 5.56 Å². The second kappa shape index (κ2) is 8.78. The number of aromatic amines is 1. The zero-order valence-electron chi connectivity index (χ0n) is 18.4. The maximum Gasteiger partial charge on any atom is 0.250 e. The van der Waals surface area contributed by atoms with Gasteiger partial charge >= 0.3 is 0 Å². The number of benzene rings is 1. The fourth-order valence-corrected chi connectivity index (χ4v) is 5.05. The zero-order chi connectivity index (χ0) is 22.1. The molecule has 0 radical (unpaired) electrons. The topological polar surface area (TPSA) is 95.0 Å². The fourth-order valence-electron chi connectivity index (χ4n) is 5.05. The molecule has 3 heterocycles. The largest absolute Gasteiger partial charge is 0.359 e. The van der Waals surface area contributed by atoms with E-state index in [9.17, 15) is 9.59 Å². The van der Waals surface area contributed by atoms with Crippen molar-refractivity contribution in [1.29, 1.82) is 0 Å². The van der Waals surface area contributed by atoms with Crippen LogP contribution in [0.1, 0.15) is 37.3 Å². The van der Waals surface area contributed by atoms with Crippen LogP contribution >= 0.6 is 0 Å². The molecule has 1 aliphatic heterocycles. The molecule has 1 aliphatic carbocycles. The number of pyridine rings is 1. The Balaban J connectivity index is 1.05. The molecule has 8 nitrogen and oxygen atoms in total. The monoisotopic (exact) mass is 434 g/mol. The smallest absolute Gasteiger partial charge is 0.250 e. The van der Waals surface area contributed by atoms with Crippen LogP contribution in [0.3, 0.4) is 0 Å². The Hall–Kier alpha value is -3.13. The van der Waals surface area contributed by atoms with Crippen molar-refractivity contribution in [3.63, 3.8) is 0 Å². The SMILES string of the molecule is Cc1ccc2[nH]nc(NCC(=O)NC3CN(C4CCC(n5ccccc5=O)CC4)C3)c2c1. The van der Waals surface area contributed by atoms with Crippen molar-refractivity contribution >= 4 is 22.6 Å². The molecule has 8 heteroatoms. The van der Waals surface area contributed by atoms with E-state index in [4.69, 9.17) is 0 Å².